The Labute approximate surface area is 80.0 Å². The van der Waals surface area contributed by atoms with E-state index >= 15 is 0 Å². The molecule has 0 aliphatic rings. The maximum absolute atomic E-state index is 13.3. The first-order valence-electron chi connectivity index (χ1n) is 4.21. The van der Waals surface area contributed by atoms with Gasteiger partial charge in [0.25, 0.3) is 0 Å². The summed E-state index contributed by atoms with van der Waals surface area (Å²) < 4.78 is 13.3. The summed E-state index contributed by atoms with van der Waals surface area (Å²) in [6, 6.07) is 10.2. The lowest BCUT2D eigenvalue weighted by molar-refractivity contribution is 0.624. The van der Waals surface area contributed by atoms with Crippen LogP contribution in [0.5, 0.6) is 0 Å². The van der Waals surface area contributed by atoms with Gasteiger partial charge in [0.05, 0.1) is 0 Å². The van der Waals surface area contributed by atoms with E-state index in [-0.39, 0.29) is 5.56 Å². The predicted octanol–water partition coefficient (Wildman–Crippen LogP) is 2.18. The molecule has 0 fully saturated rings. The SMILES string of the molecule is O=c1cc(-c2ccccc2)c(F)c[nH]1. The molecule has 0 spiro atoms. The first-order valence-corrected chi connectivity index (χ1v) is 4.21. The van der Waals surface area contributed by atoms with Crippen molar-refractivity contribution in [3.05, 3.63) is 58.8 Å². The van der Waals surface area contributed by atoms with Crippen molar-refractivity contribution in [2.45, 2.75) is 0 Å². The van der Waals surface area contributed by atoms with E-state index < -0.39 is 5.82 Å². The van der Waals surface area contributed by atoms with Crippen LogP contribution in [0, 0.1) is 5.82 Å². The largest absolute Gasteiger partial charge is 0.326 e. The Kier molecular flexibility index (Phi) is 2.14. The molecule has 3 heteroatoms. The van der Waals surface area contributed by atoms with Crippen LogP contribution < -0.4 is 5.56 Å². The highest BCUT2D eigenvalue weighted by molar-refractivity contribution is 5.63. The van der Waals surface area contributed by atoms with Gasteiger partial charge in [-0.3, -0.25) is 4.79 Å². The fourth-order valence-electron chi connectivity index (χ4n) is 1.29. The molecule has 0 saturated carbocycles. The summed E-state index contributed by atoms with van der Waals surface area (Å²) >= 11 is 0. The van der Waals surface area contributed by atoms with Gasteiger partial charge in [-0.25, -0.2) is 4.39 Å². The topological polar surface area (TPSA) is 32.9 Å². The minimum Gasteiger partial charge on any atom is -0.326 e. The van der Waals surface area contributed by atoms with Crippen LogP contribution >= 0.6 is 0 Å². The maximum atomic E-state index is 13.3. The number of hydrogen-bond donors (Lipinski definition) is 1. The average molecular weight is 189 g/mol. The normalized spacial score (nSPS) is 10.1. The maximum Gasteiger partial charge on any atom is 0.248 e. The van der Waals surface area contributed by atoms with E-state index in [0.717, 1.165) is 6.20 Å². The Morgan fingerprint density at radius 1 is 1.14 bits per heavy atom. The van der Waals surface area contributed by atoms with Crippen molar-refractivity contribution < 1.29 is 4.39 Å². The lowest BCUT2D eigenvalue weighted by Crippen LogP contribution is -2.04. The number of halogens is 1. The van der Waals surface area contributed by atoms with Crippen LogP contribution in [0.4, 0.5) is 4.39 Å². The first-order chi connectivity index (χ1) is 6.77. The van der Waals surface area contributed by atoms with Gasteiger partial charge in [0.2, 0.25) is 5.56 Å². The van der Waals surface area contributed by atoms with Crippen LogP contribution in [0.25, 0.3) is 11.1 Å². The molecular formula is C11H8FNO. The van der Waals surface area contributed by atoms with Gasteiger partial charge >= 0.3 is 0 Å². The minimum atomic E-state index is -0.421. The third-order valence-electron chi connectivity index (χ3n) is 1.96. The minimum absolute atomic E-state index is 0.301. The molecule has 1 aromatic heterocycles. The highest BCUT2D eigenvalue weighted by Gasteiger charge is 2.04. The van der Waals surface area contributed by atoms with Gasteiger partial charge in [0.15, 0.2) is 0 Å². The Balaban J connectivity index is 2.62. The number of pyridine rings is 1. The molecule has 0 aliphatic carbocycles. The van der Waals surface area contributed by atoms with Crippen LogP contribution in [0.2, 0.25) is 0 Å². The van der Waals surface area contributed by atoms with E-state index in [9.17, 15) is 9.18 Å². The van der Waals surface area contributed by atoms with E-state index in [1.807, 2.05) is 6.07 Å². The fraction of sp³-hybridized carbons (Fsp3) is 0. The second kappa shape index (κ2) is 3.46. The van der Waals surface area contributed by atoms with Gasteiger partial charge in [0, 0.05) is 17.8 Å². The fourth-order valence-corrected chi connectivity index (χ4v) is 1.29. The molecule has 0 unspecified atom stereocenters. The molecule has 1 heterocycles. The zero-order valence-electron chi connectivity index (χ0n) is 7.33. The van der Waals surface area contributed by atoms with Crippen LogP contribution in [0.15, 0.2) is 47.4 Å². The molecule has 0 saturated heterocycles. The van der Waals surface area contributed by atoms with E-state index in [1.54, 1.807) is 24.3 Å². The molecule has 0 aliphatic heterocycles. The summed E-state index contributed by atoms with van der Waals surface area (Å²) in [6.07, 6.45) is 1.07. The van der Waals surface area contributed by atoms with E-state index in [2.05, 4.69) is 4.98 Å². The van der Waals surface area contributed by atoms with Gasteiger partial charge in [-0.2, -0.15) is 0 Å². The van der Waals surface area contributed by atoms with E-state index in [1.165, 1.54) is 6.07 Å². The number of aromatic amines is 1. The summed E-state index contributed by atoms with van der Waals surface area (Å²) in [5.74, 6) is -0.421. The first kappa shape index (κ1) is 8.69. The van der Waals surface area contributed by atoms with Crippen molar-refractivity contribution in [1.29, 1.82) is 0 Å². The lowest BCUT2D eigenvalue weighted by Gasteiger charge is -2.01. The molecular weight excluding hydrogens is 181 g/mol. The van der Waals surface area contributed by atoms with Gasteiger partial charge in [0.1, 0.15) is 5.82 Å². The van der Waals surface area contributed by atoms with Crippen molar-refractivity contribution in [2.75, 3.05) is 0 Å². The molecule has 0 amide bonds. The monoisotopic (exact) mass is 189 g/mol. The average Bonchev–Trinajstić information content (AvgIpc) is 2.23. The highest BCUT2D eigenvalue weighted by atomic mass is 19.1. The number of aromatic nitrogens is 1. The van der Waals surface area contributed by atoms with Crippen molar-refractivity contribution in [2.24, 2.45) is 0 Å². The van der Waals surface area contributed by atoms with Gasteiger partial charge in [-0.1, -0.05) is 30.3 Å². The van der Waals surface area contributed by atoms with E-state index in [0.29, 0.717) is 11.1 Å². The summed E-state index contributed by atoms with van der Waals surface area (Å²) in [4.78, 5) is 13.3. The van der Waals surface area contributed by atoms with Crippen LogP contribution in [-0.4, -0.2) is 4.98 Å². The molecule has 0 atom stereocenters. The lowest BCUT2D eigenvalue weighted by atomic mass is 10.1. The van der Waals surface area contributed by atoms with Crippen molar-refractivity contribution in [3.63, 3.8) is 0 Å². The highest BCUT2D eigenvalue weighted by Crippen LogP contribution is 2.19. The van der Waals surface area contributed by atoms with Crippen LogP contribution in [0.3, 0.4) is 0 Å². The molecule has 1 N–H and O–H groups in total. The van der Waals surface area contributed by atoms with Gasteiger partial charge < -0.3 is 4.98 Å². The zero-order valence-corrected chi connectivity index (χ0v) is 7.33. The number of hydrogen-bond acceptors (Lipinski definition) is 1. The summed E-state index contributed by atoms with van der Waals surface area (Å²) in [6.45, 7) is 0. The Bertz CT molecular complexity index is 490. The molecule has 0 radical (unpaired) electrons. The second-order valence-electron chi connectivity index (χ2n) is 2.92. The van der Waals surface area contributed by atoms with Gasteiger partial charge in [-0.15, -0.1) is 0 Å². The Morgan fingerprint density at radius 2 is 1.86 bits per heavy atom. The van der Waals surface area contributed by atoms with Crippen LogP contribution in [-0.2, 0) is 0 Å². The van der Waals surface area contributed by atoms with E-state index in [4.69, 9.17) is 0 Å². The molecule has 2 rings (SSSR count). The zero-order chi connectivity index (χ0) is 9.97. The van der Waals surface area contributed by atoms with Crippen molar-refractivity contribution >= 4 is 0 Å². The third kappa shape index (κ3) is 1.57. The second-order valence-corrected chi connectivity index (χ2v) is 2.92. The molecule has 2 nitrogen and oxygen atoms in total. The summed E-state index contributed by atoms with van der Waals surface area (Å²) in [5, 5.41) is 0. The number of benzene rings is 1. The molecule has 70 valence electrons. The Morgan fingerprint density at radius 3 is 2.57 bits per heavy atom. The number of nitrogens with one attached hydrogen (secondary N) is 1. The molecule has 2 aromatic rings. The summed E-state index contributed by atoms with van der Waals surface area (Å²) in [7, 11) is 0. The van der Waals surface area contributed by atoms with Crippen molar-refractivity contribution in [1.82, 2.24) is 4.98 Å². The molecule has 0 bridgehead atoms. The van der Waals surface area contributed by atoms with Gasteiger partial charge in [-0.05, 0) is 5.56 Å². The molecule has 1 aromatic carbocycles. The molecule has 14 heavy (non-hydrogen) atoms. The van der Waals surface area contributed by atoms with Crippen LogP contribution in [0.1, 0.15) is 0 Å². The number of H-pyrrole nitrogens is 1. The standard InChI is InChI=1S/C11H8FNO/c12-10-7-13-11(14)6-9(10)8-4-2-1-3-5-8/h1-7H,(H,13,14). The quantitative estimate of drug-likeness (QED) is 0.732. The Hall–Kier alpha value is -1.90. The third-order valence-corrected chi connectivity index (χ3v) is 1.96. The summed E-state index contributed by atoms with van der Waals surface area (Å²) in [5.41, 5.74) is 0.732. The number of rotatable bonds is 1. The smallest absolute Gasteiger partial charge is 0.248 e. The predicted molar refractivity (Wildman–Crippen MR) is 52.5 cm³/mol. The van der Waals surface area contributed by atoms with Crippen molar-refractivity contribution in [3.8, 4) is 11.1 Å².